The summed E-state index contributed by atoms with van der Waals surface area (Å²) in [4.78, 5) is 0. The smallest absolute Gasteiger partial charge is 0.133 e. The second-order valence-corrected chi connectivity index (χ2v) is 15.6. The van der Waals surface area contributed by atoms with Crippen LogP contribution in [0.1, 0.15) is 123 Å². The standard InChI is InChI=1S/C51H56N2O2/c1-9-33-25-37(26-34(10-2)49(33)54-47-23-21-39(52)29-43(47)31(5)6)51(45-19-15-13-17-41(45)42-18-14-16-20-46(42)51)38-27-35(11-3)50(36(12-4)28-38)55-48-24-22-40(53)30-44(48)32(7)8/h13-32H,9-12,52-53H2,1-8H3. The Hall–Kier alpha value is -5.48. The zero-order chi connectivity index (χ0) is 39.0. The minimum atomic E-state index is -0.569. The number of nitrogen functional groups attached to an aromatic ring is 2. The molecule has 7 rings (SSSR count). The van der Waals surface area contributed by atoms with Gasteiger partial charge in [0.1, 0.15) is 23.0 Å². The second kappa shape index (κ2) is 15.3. The van der Waals surface area contributed by atoms with Crippen LogP contribution < -0.4 is 20.9 Å². The molecule has 4 N–H and O–H groups in total. The Balaban J connectivity index is 1.50. The van der Waals surface area contributed by atoms with Crippen molar-refractivity contribution in [1.29, 1.82) is 0 Å². The van der Waals surface area contributed by atoms with E-state index in [1.807, 2.05) is 36.4 Å². The molecule has 0 spiro atoms. The van der Waals surface area contributed by atoms with Crippen molar-refractivity contribution in [2.24, 2.45) is 0 Å². The molecule has 0 atom stereocenters. The zero-order valence-corrected chi connectivity index (χ0v) is 33.8. The Morgan fingerprint density at radius 3 is 1.15 bits per heavy atom. The Kier molecular flexibility index (Phi) is 10.5. The van der Waals surface area contributed by atoms with Gasteiger partial charge < -0.3 is 20.9 Å². The molecule has 0 radical (unpaired) electrons. The van der Waals surface area contributed by atoms with Gasteiger partial charge in [-0.2, -0.15) is 0 Å². The first-order valence-corrected chi connectivity index (χ1v) is 20.2. The highest BCUT2D eigenvalue weighted by molar-refractivity contribution is 5.86. The highest BCUT2D eigenvalue weighted by Gasteiger charge is 2.47. The first-order chi connectivity index (χ1) is 26.5. The van der Waals surface area contributed by atoms with Crippen LogP contribution in [0.4, 0.5) is 11.4 Å². The van der Waals surface area contributed by atoms with Crippen molar-refractivity contribution in [3.63, 3.8) is 0 Å². The molecule has 55 heavy (non-hydrogen) atoms. The van der Waals surface area contributed by atoms with E-state index in [0.29, 0.717) is 0 Å². The van der Waals surface area contributed by atoms with E-state index in [4.69, 9.17) is 20.9 Å². The molecule has 282 valence electrons. The third-order valence-electron chi connectivity index (χ3n) is 11.6. The Bertz CT molecular complexity index is 2150. The maximum Gasteiger partial charge on any atom is 0.133 e. The van der Waals surface area contributed by atoms with Gasteiger partial charge in [0, 0.05) is 11.4 Å². The lowest BCUT2D eigenvalue weighted by Crippen LogP contribution is -2.29. The summed E-state index contributed by atoms with van der Waals surface area (Å²) in [5.74, 6) is 4.17. The molecule has 0 saturated carbocycles. The molecule has 1 aliphatic rings. The summed E-state index contributed by atoms with van der Waals surface area (Å²) in [5, 5.41) is 0. The summed E-state index contributed by atoms with van der Waals surface area (Å²) in [7, 11) is 0. The number of aryl methyl sites for hydroxylation is 4. The lowest BCUT2D eigenvalue weighted by molar-refractivity contribution is 0.461. The van der Waals surface area contributed by atoms with E-state index < -0.39 is 5.41 Å². The van der Waals surface area contributed by atoms with Crippen LogP contribution in [0.3, 0.4) is 0 Å². The molecular weight excluding hydrogens is 673 g/mol. The molecule has 6 aromatic carbocycles. The fraction of sp³-hybridized carbons (Fsp3) is 0.294. The van der Waals surface area contributed by atoms with Crippen LogP contribution in [0.15, 0.2) is 109 Å². The van der Waals surface area contributed by atoms with Crippen molar-refractivity contribution in [1.82, 2.24) is 0 Å². The molecule has 6 aromatic rings. The molecule has 1 aliphatic carbocycles. The van der Waals surface area contributed by atoms with Crippen molar-refractivity contribution >= 4 is 11.4 Å². The molecule has 0 amide bonds. The number of fused-ring (bicyclic) bond motifs is 3. The maximum atomic E-state index is 6.96. The molecule has 0 saturated heterocycles. The highest BCUT2D eigenvalue weighted by atomic mass is 16.5. The summed E-state index contributed by atoms with van der Waals surface area (Å²) in [6.45, 7) is 17.7. The quantitative estimate of drug-likeness (QED) is 0.123. The zero-order valence-electron chi connectivity index (χ0n) is 33.8. The van der Waals surface area contributed by atoms with Crippen molar-refractivity contribution < 1.29 is 9.47 Å². The lowest BCUT2D eigenvalue weighted by Gasteiger charge is -2.36. The lowest BCUT2D eigenvalue weighted by atomic mass is 9.66. The largest absolute Gasteiger partial charge is 0.456 e. The number of benzene rings is 6. The molecule has 0 aromatic heterocycles. The minimum Gasteiger partial charge on any atom is -0.456 e. The number of ether oxygens (including phenoxy) is 2. The summed E-state index contributed by atoms with van der Waals surface area (Å²) >= 11 is 0. The van der Waals surface area contributed by atoms with Crippen molar-refractivity contribution in [3.05, 3.63) is 165 Å². The van der Waals surface area contributed by atoms with Crippen molar-refractivity contribution in [2.45, 2.75) is 98.3 Å². The van der Waals surface area contributed by atoms with Crippen LogP contribution in [0.25, 0.3) is 11.1 Å². The monoisotopic (exact) mass is 728 g/mol. The third kappa shape index (κ3) is 6.56. The van der Waals surface area contributed by atoms with Gasteiger partial charge in [0.15, 0.2) is 0 Å². The normalized spacial score (nSPS) is 12.9. The second-order valence-electron chi connectivity index (χ2n) is 15.6. The van der Waals surface area contributed by atoms with Crippen LogP contribution in [0.2, 0.25) is 0 Å². The molecule has 0 aliphatic heterocycles. The van der Waals surface area contributed by atoms with Gasteiger partial charge in [0.25, 0.3) is 0 Å². The molecule has 4 nitrogen and oxygen atoms in total. The van der Waals surface area contributed by atoms with Gasteiger partial charge in [-0.25, -0.2) is 0 Å². The number of anilines is 2. The van der Waals surface area contributed by atoms with Gasteiger partial charge in [-0.1, -0.05) is 128 Å². The van der Waals surface area contributed by atoms with E-state index >= 15 is 0 Å². The minimum absolute atomic E-state index is 0.271. The van der Waals surface area contributed by atoms with Gasteiger partial charge in [-0.3, -0.25) is 0 Å². The SMILES string of the molecule is CCc1cc(C2(c3cc(CC)c(Oc4ccc(N)cc4C(C)C)c(CC)c3)c3ccccc3-c3ccccc32)cc(CC)c1Oc1ccc(N)cc1C(C)C. The maximum absolute atomic E-state index is 6.96. The van der Waals surface area contributed by atoms with E-state index in [9.17, 15) is 0 Å². The van der Waals surface area contributed by atoms with Crippen LogP contribution in [0.5, 0.6) is 23.0 Å². The van der Waals surface area contributed by atoms with E-state index in [1.165, 1.54) is 55.6 Å². The average molecular weight is 729 g/mol. The first-order valence-electron chi connectivity index (χ1n) is 20.2. The van der Waals surface area contributed by atoms with Gasteiger partial charge in [0.05, 0.1) is 5.41 Å². The highest BCUT2D eigenvalue weighted by Crippen LogP contribution is 2.58. The van der Waals surface area contributed by atoms with Gasteiger partial charge >= 0.3 is 0 Å². The first kappa shape index (κ1) is 37.8. The Morgan fingerprint density at radius 1 is 0.473 bits per heavy atom. The molecule has 0 unspecified atom stereocenters. The molecule has 0 heterocycles. The van der Waals surface area contributed by atoms with E-state index in [0.717, 1.165) is 71.2 Å². The fourth-order valence-corrected chi connectivity index (χ4v) is 8.72. The summed E-state index contributed by atoms with van der Waals surface area (Å²) in [6.07, 6.45) is 3.31. The van der Waals surface area contributed by atoms with Crippen LogP contribution in [0, 0.1) is 0 Å². The number of rotatable bonds is 12. The van der Waals surface area contributed by atoms with E-state index in [-0.39, 0.29) is 11.8 Å². The van der Waals surface area contributed by atoms with E-state index in [2.05, 4.69) is 128 Å². The number of hydrogen-bond acceptors (Lipinski definition) is 4. The average Bonchev–Trinajstić information content (AvgIpc) is 3.50. The fourth-order valence-electron chi connectivity index (χ4n) is 8.72. The van der Waals surface area contributed by atoms with Gasteiger partial charge in [-0.05, 0) is 141 Å². The van der Waals surface area contributed by atoms with Crippen molar-refractivity contribution in [2.75, 3.05) is 11.5 Å². The molecule has 0 fully saturated rings. The third-order valence-corrected chi connectivity index (χ3v) is 11.6. The Labute approximate surface area is 328 Å². The predicted octanol–water partition coefficient (Wildman–Crippen LogP) is 13.3. The van der Waals surface area contributed by atoms with Crippen LogP contribution in [-0.4, -0.2) is 0 Å². The summed E-state index contributed by atoms with van der Waals surface area (Å²) in [6, 6.07) is 39.7. The van der Waals surface area contributed by atoms with E-state index in [1.54, 1.807) is 0 Å². The Morgan fingerprint density at radius 2 is 0.818 bits per heavy atom. The van der Waals surface area contributed by atoms with Gasteiger partial charge in [0.2, 0.25) is 0 Å². The molecule has 4 heteroatoms. The van der Waals surface area contributed by atoms with Crippen molar-refractivity contribution in [3.8, 4) is 34.1 Å². The number of hydrogen-bond donors (Lipinski definition) is 2. The summed E-state index contributed by atoms with van der Waals surface area (Å²) in [5.41, 5.74) is 28.1. The predicted molar refractivity (Wildman–Crippen MR) is 231 cm³/mol. The van der Waals surface area contributed by atoms with Crippen LogP contribution >= 0.6 is 0 Å². The summed E-state index contributed by atoms with van der Waals surface area (Å²) < 4.78 is 13.9. The molecular formula is C51H56N2O2. The van der Waals surface area contributed by atoms with Gasteiger partial charge in [-0.15, -0.1) is 0 Å². The number of nitrogens with two attached hydrogens (primary N) is 2. The van der Waals surface area contributed by atoms with Crippen LogP contribution in [-0.2, 0) is 31.1 Å². The topological polar surface area (TPSA) is 70.5 Å². The molecule has 0 bridgehead atoms.